The van der Waals surface area contributed by atoms with Crippen LogP contribution in [0.2, 0.25) is 0 Å². The topological polar surface area (TPSA) is 39.1 Å². The summed E-state index contributed by atoms with van der Waals surface area (Å²) < 4.78 is 0. The standard InChI is InChI=1S/C17H25N3/c1-3-17(14-18,19-4-2)10-7-11-20-12-15-8-5-6-9-16(15)13-20/h5-6,8-9,19H,3-4,7,10-13H2,1-2H3. The van der Waals surface area contributed by atoms with Gasteiger partial charge in [-0.1, -0.05) is 38.1 Å². The zero-order valence-corrected chi connectivity index (χ0v) is 12.7. The van der Waals surface area contributed by atoms with Gasteiger partial charge in [0.1, 0.15) is 5.54 Å². The number of hydrogen-bond donors (Lipinski definition) is 1. The quantitative estimate of drug-likeness (QED) is 0.828. The molecule has 0 saturated carbocycles. The van der Waals surface area contributed by atoms with Crippen molar-refractivity contribution in [3.05, 3.63) is 35.4 Å². The van der Waals surface area contributed by atoms with E-state index in [1.807, 2.05) is 0 Å². The van der Waals surface area contributed by atoms with Gasteiger partial charge in [-0.2, -0.15) is 5.26 Å². The molecular formula is C17H25N3. The first-order valence-corrected chi connectivity index (χ1v) is 7.68. The molecule has 1 heterocycles. The van der Waals surface area contributed by atoms with Gasteiger partial charge in [0, 0.05) is 13.1 Å². The summed E-state index contributed by atoms with van der Waals surface area (Å²) in [5.41, 5.74) is 2.59. The van der Waals surface area contributed by atoms with Crippen molar-refractivity contribution in [1.82, 2.24) is 10.2 Å². The van der Waals surface area contributed by atoms with Crippen molar-refractivity contribution in [3.63, 3.8) is 0 Å². The molecule has 20 heavy (non-hydrogen) atoms. The van der Waals surface area contributed by atoms with Gasteiger partial charge in [0.05, 0.1) is 6.07 Å². The number of nitrogens with one attached hydrogen (secondary N) is 1. The van der Waals surface area contributed by atoms with Gasteiger partial charge in [-0.15, -0.1) is 0 Å². The van der Waals surface area contributed by atoms with Gasteiger partial charge >= 0.3 is 0 Å². The number of rotatable bonds is 7. The SMILES string of the molecule is CCNC(C#N)(CC)CCCN1Cc2ccccc2C1. The average molecular weight is 271 g/mol. The molecule has 1 N–H and O–H groups in total. The van der Waals surface area contributed by atoms with Gasteiger partial charge in [-0.05, 0) is 43.5 Å². The van der Waals surface area contributed by atoms with E-state index in [0.717, 1.165) is 45.4 Å². The Bertz CT molecular complexity index is 452. The van der Waals surface area contributed by atoms with Crippen LogP contribution < -0.4 is 5.32 Å². The van der Waals surface area contributed by atoms with Crippen LogP contribution in [0, 0.1) is 11.3 Å². The summed E-state index contributed by atoms with van der Waals surface area (Å²) in [6.45, 7) is 8.21. The number of benzene rings is 1. The predicted molar refractivity (Wildman–Crippen MR) is 82.1 cm³/mol. The lowest BCUT2D eigenvalue weighted by molar-refractivity contribution is 0.260. The summed E-state index contributed by atoms with van der Waals surface area (Å²) in [4.78, 5) is 2.48. The third-order valence-corrected chi connectivity index (χ3v) is 4.32. The van der Waals surface area contributed by atoms with Crippen LogP contribution in [0.3, 0.4) is 0 Å². The summed E-state index contributed by atoms with van der Waals surface area (Å²) in [5.74, 6) is 0. The van der Waals surface area contributed by atoms with Gasteiger partial charge in [-0.3, -0.25) is 10.2 Å². The fourth-order valence-electron chi connectivity index (χ4n) is 3.07. The molecule has 0 spiro atoms. The van der Waals surface area contributed by atoms with Crippen molar-refractivity contribution in [2.24, 2.45) is 0 Å². The predicted octanol–water partition coefficient (Wildman–Crippen LogP) is 3.06. The first kappa shape index (κ1) is 15.0. The summed E-state index contributed by atoms with van der Waals surface area (Å²) in [6, 6.07) is 11.2. The summed E-state index contributed by atoms with van der Waals surface area (Å²) >= 11 is 0. The largest absolute Gasteiger partial charge is 0.300 e. The Kier molecular flexibility index (Phi) is 5.17. The summed E-state index contributed by atoms with van der Waals surface area (Å²) in [5, 5.41) is 12.8. The molecule has 1 aliphatic rings. The zero-order chi connectivity index (χ0) is 14.4. The highest BCUT2D eigenvalue weighted by Gasteiger charge is 2.26. The monoisotopic (exact) mass is 271 g/mol. The van der Waals surface area contributed by atoms with Crippen molar-refractivity contribution in [2.45, 2.75) is 51.7 Å². The van der Waals surface area contributed by atoms with E-state index in [-0.39, 0.29) is 5.54 Å². The molecule has 1 aliphatic heterocycles. The lowest BCUT2D eigenvalue weighted by Crippen LogP contribution is -2.43. The minimum Gasteiger partial charge on any atom is -0.300 e. The van der Waals surface area contributed by atoms with Crippen molar-refractivity contribution >= 4 is 0 Å². The molecule has 1 aromatic rings. The number of nitrogens with zero attached hydrogens (tertiary/aromatic N) is 2. The maximum atomic E-state index is 9.42. The molecule has 0 amide bonds. The molecule has 1 unspecified atom stereocenters. The molecule has 1 atom stereocenters. The molecule has 1 aromatic carbocycles. The molecule has 2 rings (SSSR count). The molecule has 0 radical (unpaired) electrons. The average Bonchev–Trinajstić information content (AvgIpc) is 2.89. The fourth-order valence-corrected chi connectivity index (χ4v) is 3.07. The molecule has 0 fully saturated rings. The molecule has 0 aromatic heterocycles. The first-order valence-electron chi connectivity index (χ1n) is 7.68. The second-order valence-corrected chi connectivity index (χ2v) is 5.66. The van der Waals surface area contributed by atoms with Crippen LogP contribution in [0.15, 0.2) is 24.3 Å². The lowest BCUT2D eigenvalue weighted by atomic mass is 9.92. The molecule has 108 valence electrons. The van der Waals surface area contributed by atoms with E-state index >= 15 is 0 Å². The van der Waals surface area contributed by atoms with Crippen LogP contribution in [-0.2, 0) is 13.1 Å². The van der Waals surface area contributed by atoms with Crippen LogP contribution in [-0.4, -0.2) is 23.5 Å². The molecule has 3 heteroatoms. The van der Waals surface area contributed by atoms with E-state index in [9.17, 15) is 5.26 Å². The Morgan fingerprint density at radius 1 is 1.25 bits per heavy atom. The van der Waals surface area contributed by atoms with Crippen LogP contribution in [0.5, 0.6) is 0 Å². The Morgan fingerprint density at radius 3 is 2.40 bits per heavy atom. The van der Waals surface area contributed by atoms with Gasteiger partial charge in [0.25, 0.3) is 0 Å². The number of fused-ring (bicyclic) bond motifs is 1. The lowest BCUT2D eigenvalue weighted by Gasteiger charge is -2.27. The number of hydrogen-bond acceptors (Lipinski definition) is 3. The third kappa shape index (κ3) is 3.39. The van der Waals surface area contributed by atoms with E-state index in [4.69, 9.17) is 0 Å². The van der Waals surface area contributed by atoms with E-state index in [2.05, 4.69) is 54.4 Å². The minimum atomic E-state index is -0.332. The van der Waals surface area contributed by atoms with Crippen LogP contribution in [0.1, 0.15) is 44.2 Å². The Labute approximate surface area is 122 Å². The maximum absolute atomic E-state index is 9.42. The highest BCUT2D eigenvalue weighted by Crippen LogP contribution is 2.23. The minimum absolute atomic E-state index is 0.332. The van der Waals surface area contributed by atoms with Crippen molar-refractivity contribution in [1.29, 1.82) is 5.26 Å². The second-order valence-electron chi connectivity index (χ2n) is 5.66. The van der Waals surface area contributed by atoms with Gasteiger partial charge < -0.3 is 0 Å². The van der Waals surface area contributed by atoms with Gasteiger partial charge in [0.15, 0.2) is 0 Å². The molecule has 0 bridgehead atoms. The van der Waals surface area contributed by atoms with E-state index in [1.54, 1.807) is 0 Å². The van der Waals surface area contributed by atoms with Gasteiger partial charge in [-0.25, -0.2) is 0 Å². The van der Waals surface area contributed by atoms with E-state index in [0.29, 0.717) is 0 Å². The van der Waals surface area contributed by atoms with Crippen molar-refractivity contribution in [3.8, 4) is 6.07 Å². The van der Waals surface area contributed by atoms with Crippen LogP contribution in [0.25, 0.3) is 0 Å². The first-order chi connectivity index (χ1) is 9.73. The fraction of sp³-hybridized carbons (Fsp3) is 0.588. The highest BCUT2D eigenvalue weighted by molar-refractivity contribution is 5.30. The molecular weight excluding hydrogens is 246 g/mol. The summed E-state index contributed by atoms with van der Waals surface area (Å²) in [7, 11) is 0. The molecule has 0 saturated heterocycles. The zero-order valence-electron chi connectivity index (χ0n) is 12.7. The van der Waals surface area contributed by atoms with E-state index < -0.39 is 0 Å². The Balaban J connectivity index is 1.81. The Hall–Kier alpha value is -1.37. The van der Waals surface area contributed by atoms with Crippen molar-refractivity contribution < 1.29 is 0 Å². The van der Waals surface area contributed by atoms with Crippen LogP contribution >= 0.6 is 0 Å². The smallest absolute Gasteiger partial charge is 0.106 e. The highest BCUT2D eigenvalue weighted by atomic mass is 15.1. The van der Waals surface area contributed by atoms with Gasteiger partial charge in [0.2, 0.25) is 0 Å². The van der Waals surface area contributed by atoms with Crippen LogP contribution in [0.4, 0.5) is 0 Å². The number of nitriles is 1. The van der Waals surface area contributed by atoms with Crippen molar-refractivity contribution in [2.75, 3.05) is 13.1 Å². The summed E-state index contributed by atoms with van der Waals surface area (Å²) in [6.07, 6.45) is 2.88. The van der Waals surface area contributed by atoms with E-state index in [1.165, 1.54) is 11.1 Å². The maximum Gasteiger partial charge on any atom is 0.106 e. The Morgan fingerprint density at radius 2 is 1.90 bits per heavy atom. The normalized spacial score (nSPS) is 17.4. The molecule has 0 aliphatic carbocycles. The third-order valence-electron chi connectivity index (χ3n) is 4.32. The molecule has 3 nitrogen and oxygen atoms in total. The second kappa shape index (κ2) is 6.88.